The minimum absolute atomic E-state index is 0.0885. The lowest BCUT2D eigenvalue weighted by molar-refractivity contribution is -0.123. The van der Waals surface area contributed by atoms with Crippen LogP contribution in [0.25, 0.3) is 0 Å². The summed E-state index contributed by atoms with van der Waals surface area (Å²) in [4.78, 5) is 15.1. The standard InChI is InChI=1S/C22H30N4O2/c1-15-12-26(13-16(2)28-15)14-18-8-6-17(7-9-18)10-23-22(27)20-5-3-4-19-11-24-25-21(19)20/h6-9,11,15-16,20H,3-5,10,12-14H2,1-2H3,(H,23,27)(H,24,25)/t15-,16+,20-/m1/s1. The van der Waals surface area contributed by atoms with Crippen molar-refractivity contribution in [2.24, 2.45) is 0 Å². The zero-order chi connectivity index (χ0) is 19.5. The van der Waals surface area contributed by atoms with Gasteiger partial charge in [0.05, 0.1) is 30.0 Å². The number of aromatic nitrogens is 2. The van der Waals surface area contributed by atoms with Gasteiger partial charge in [-0.1, -0.05) is 24.3 Å². The van der Waals surface area contributed by atoms with Crippen molar-refractivity contribution in [2.45, 2.75) is 64.3 Å². The summed E-state index contributed by atoms with van der Waals surface area (Å²) in [6.07, 6.45) is 5.36. The number of hydrogen-bond acceptors (Lipinski definition) is 4. The normalized spacial score (nSPS) is 25.3. The smallest absolute Gasteiger partial charge is 0.229 e. The Kier molecular flexibility index (Phi) is 5.78. The average Bonchev–Trinajstić information content (AvgIpc) is 3.15. The molecule has 0 unspecified atom stereocenters. The van der Waals surface area contributed by atoms with E-state index in [0.717, 1.165) is 50.2 Å². The van der Waals surface area contributed by atoms with Crippen molar-refractivity contribution < 1.29 is 9.53 Å². The summed E-state index contributed by atoms with van der Waals surface area (Å²) in [5.74, 6) is -0.0126. The molecule has 150 valence electrons. The maximum absolute atomic E-state index is 12.6. The van der Waals surface area contributed by atoms with Gasteiger partial charge in [-0.05, 0) is 49.8 Å². The Balaban J connectivity index is 1.30. The fourth-order valence-electron chi connectivity index (χ4n) is 4.47. The van der Waals surface area contributed by atoms with Gasteiger partial charge in [-0.25, -0.2) is 0 Å². The quantitative estimate of drug-likeness (QED) is 0.834. The molecule has 28 heavy (non-hydrogen) atoms. The van der Waals surface area contributed by atoms with Gasteiger partial charge in [0, 0.05) is 26.2 Å². The van der Waals surface area contributed by atoms with Crippen molar-refractivity contribution in [1.29, 1.82) is 0 Å². The van der Waals surface area contributed by atoms with E-state index in [0.29, 0.717) is 6.54 Å². The molecule has 2 heterocycles. The summed E-state index contributed by atoms with van der Waals surface area (Å²) in [6.45, 7) is 7.71. The van der Waals surface area contributed by atoms with Crippen LogP contribution < -0.4 is 5.32 Å². The summed E-state index contributed by atoms with van der Waals surface area (Å²) in [7, 11) is 0. The number of morpholine rings is 1. The van der Waals surface area contributed by atoms with Crippen LogP contribution in [0.5, 0.6) is 0 Å². The van der Waals surface area contributed by atoms with Crippen molar-refractivity contribution >= 4 is 5.91 Å². The predicted octanol–water partition coefficient (Wildman–Crippen LogP) is 2.76. The number of hydrogen-bond donors (Lipinski definition) is 2. The molecule has 1 aliphatic heterocycles. The highest BCUT2D eigenvalue weighted by Crippen LogP contribution is 2.29. The highest BCUT2D eigenvalue weighted by Gasteiger charge is 2.28. The SMILES string of the molecule is C[C@@H]1CN(Cc2ccc(CNC(=O)[C@@H]3CCCc4cn[nH]c43)cc2)C[C@H](C)O1. The zero-order valence-corrected chi connectivity index (χ0v) is 16.8. The van der Waals surface area contributed by atoms with Crippen molar-refractivity contribution in [1.82, 2.24) is 20.4 Å². The Morgan fingerprint density at radius 2 is 1.93 bits per heavy atom. The molecule has 6 heteroatoms. The molecule has 1 aromatic heterocycles. The van der Waals surface area contributed by atoms with Crippen LogP contribution in [0, 0.1) is 0 Å². The van der Waals surface area contributed by atoms with Crippen LogP contribution in [0.15, 0.2) is 30.5 Å². The number of carbonyl (C=O) groups is 1. The molecule has 1 amide bonds. The number of nitrogens with one attached hydrogen (secondary N) is 2. The van der Waals surface area contributed by atoms with Gasteiger partial charge in [-0.15, -0.1) is 0 Å². The third-order valence-corrected chi connectivity index (χ3v) is 5.75. The van der Waals surface area contributed by atoms with E-state index in [1.165, 1.54) is 11.1 Å². The van der Waals surface area contributed by atoms with Gasteiger partial charge >= 0.3 is 0 Å². The largest absolute Gasteiger partial charge is 0.373 e. The maximum atomic E-state index is 12.6. The first kappa shape index (κ1) is 19.2. The molecule has 1 fully saturated rings. The van der Waals surface area contributed by atoms with Crippen LogP contribution in [0.3, 0.4) is 0 Å². The van der Waals surface area contributed by atoms with Crippen molar-refractivity contribution in [3.63, 3.8) is 0 Å². The lowest BCUT2D eigenvalue weighted by Crippen LogP contribution is -2.44. The van der Waals surface area contributed by atoms with Crippen LogP contribution in [0.1, 0.15) is 55.0 Å². The van der Waals surface area contributed by atoms with Crippen LogP contribution in [-0.2, 0) is 29.0 Å². The van der Waals surface area contributed by atoms with Gasteiger partial charge in [0.2, 0.25) is 5.91 Å². The number of rotatable bonds is 5. The van der Waals surface area contributed by atoms with E-state index < -0.39 is 0 Å². The molecule has 3 atom stereocenters. The van der Waals surface area contributed by atoms with Crippen molar-refractivity contribution in [3.05, 3.63) is 52.8 Å². The molecule has 1 aliphatic carbocycles. The van der Waals surface area contributed by atoms with Crippen LogP contribution >= 0.6 is 0 Å². The number of fused-ring (bicyclic) bond motifs is 1. The molecule has 0 bridgehead atoms. The van der Waals surface area contributed by atoms with Crippen molar-refractivity contribution in [3.8, 4) is 0 Å². The third kappa shape index (κ3) is 4.45. The van der Waals surface area contributed by atoms with Gasteiger partial charge in [0.1, 0.15) is 0 Å². The van der Waals surface area contributed by atoms with E-state index in [1.807, 2.05) is 6.20 Å². The number of aryl methyl sites for hydroxylation is 1. The molecule has 0 saturated carbocycles. The van der Waals surface area contributed by atoms with Crippen LogP contribution in [0.2, 0.25) is 0 Å². The molecule has 2 aromatic rings. The second-order valence-electron chi connectivity index (χ2n) is 8.24. The second kappa shape index (κ2) is 8.45. The fraction of sp³-hybridized carbons (Fsp3) is 0.545. The van der Waals surface area contributed by atoms with Gasteiger partial charge in [0.25, 0.3) is 0 Å². The number of H-pyrrole nitrogens is 1. The predicted molar refractivity (Wildman–Crippen MR) is 108 cm³/mol. The number of benzene rings is 1. The lowest BCUT2D eigenvalue weighted by atomic mass is 9.87. The lowest BCUT2D eigenvalue weighted by Gasteiger charge is -2.35. The van der Waals surface area contributed by atoms with E-state index in [9.17, 15) is 4.79 Å². The Bertz CT molecular complexity index is 791. The maximum Gasteiger partial charge on any atom is 0.229 e. The van der Waals surface area contributed by atoms with E-state index in [4.69, 9.17) is 4.74 Å². The Morgan fingerprint density at radius 1 is 1.21 bits per heavy atom. The summed E-state index contributed by atoms with van der Waals surface area (Å²) in [5, 5.41) is 10.2. The molecular weight excluding hydrogens is 352 g/mol. The van der Waals surface area contributed by atoms with Gasteiger partial charge in [-0.3, -0.25) is 14.8 Å². The average molecular weight is 383 g/mol. The van der Waals surface area contributed by atoms with E-state index in [1.54, 1.807) is 0 Å². The number of nitrogens with zero attached hydrogens (tertiary/aromatic N) is 2. The van der Waals surface area contributed by atoms with E-state index in [-0.39, 0.29) is 24.0 Å². The summed E-state index contributed by atoms with van der Waals surface area (Å²) >= 11 is 0. The molecule has 2 N–H and O–H groups in total. The monoisotopic (exact) mass is 382 g/mol. The first-order valence-electron chi connectivity index (χ1n) is 10.3. The van der Waals surface area contributed by atoms with Crippen molar-refractivity contribution in [2.75, 3.05) is 13.1 Å². The topological polar surface area (TPSA) is 70.2 Å². The molecule has 6 nitrogen and oxygen atoms in total. The Hall–Kier alpha value is -2.18. The molecule has 0 radical (unpaired) electrons. The highest BCUT2D eigenvalue weighted by molar-refractivity contribution is 5.83. The number of ether oxygens (including phenoxy) is 1. The molecule has 1 aromatic carbocycles. The summed E-state index contributed by atoms with van der Waals surface area (Å²) < 4.78 is 5.81. The van der Waals surface area contributed by atoms with Crippen LogP contribution in [-0.4, -0.2) is 46.3 Å². The summed E-state index contributed by atoms with van der Waals surface area (Å²) in [5.41, 5.74) is 4.60. The molecule has 4 rings (SSSR count). The molecule has 0 spiro atoms. The highest BCUT2D eigenvalue weighted by atomic mass is 16.5. The Labute approximate surface area is 166 Å². The van der Waals surface area contributed by atoms with Gasteiger partial charge in [-0.2, -0.15) is 5.10 Å². The first-order valence-corrected chi connectivity index (χ1v) is 10.3. The Morgan fingerprint density at radius 3 is 2.68 bits per heavy atom. The van der Waals surface area contributed by atoms with Gasteiger partial charge < -0.3 is 10.1 Å². The van der Waals surface area contributed by atoms with Crippen LogP contribution in [0.4, 0.5) is 0 Å². The first-order chi connectivity index (χ1) is 13.6. The number of carbonyl (C=O) groups excluding carboxylic acids is 1. The summed E-state index contributed by atoms with van der Waals surface area (Å²) in [6, 6.07) is 8.57. The van der Waals surface area contributed by atoms with Gasteiger partial charge in [0.15, 0.2) is 0 Å². The minimum Gasteiger partial charge on any atom is -0.373 e. The second-order valence-corrected chi connectivity index (χ2v) is 8.24. The fourth-order valence-corrected chi connectivity index (χ4v) is 4.47. The van der Waals surface area contributed by atoms with E-state index in [2.05, 4.69) is 58.5 Å². The third-order valence-electron chi connectivity index (χ3n) is 5.75. The number of amides is 1. The zero-order valence-electron chi connectivity index (χ0n) is 16.8. The molecular formula is C22H30N4O2. The van der Waals surface area contributed by atoms with E-state index >= 15 is 0 Å². The molecule has 2 aliphatic rings. The molecule has 1 saturated heterocycles. The number of aromatic amines is 1. The minimum atomic E-state index is -0.101.